The highest BCUT2D eigenvalue weighted by Gasteiger charge is 2.16. The van der Waals surface area contributed by atoms with E-state index in [1.165, 1.54) is 12.0 Å². The molecule has 2 nitrogen and oxygen atoms in total. The summed E-state index contributed by atoms with van der Waals surface area (Å²) < 4.78 is 0. The lowest BCUT2D eigenvalue weighted by molar-refractivity contribution is 0.364. The Labute approximate surface area is 110 Å². The Morgan fingerprint density at radius 3 is 2.76 bits per heavy atom. The van der Waals surface area contributed by atoms with Crippen molar-refractivity contribution in [3.05, 3.63) is 29.0 Å². The van der Waals surface area contributed by atoms with Crippen LogP contribution in [0, 0.1) is 5.92 Å². The summed E-state index contributed by atoms with van der Waals surface area (Å²) in [4.78, 5) is 4.02. The van der Waals surface area contributed by atoms with Crippen LogP contribution in [0.5, 0.6) is 0 Å². The van der Waals surface area contributed by atoms with Gasteiger partial charge in [-0.3, -0.25) is 4.98 Å². The Morgan fingerprint density at radius 2 is 2.18 bits per heavy atom. The first-order valence-electron chi connectivity index (χ1n) is 6.50. The number of nitrogens with zero attached hydrogens (tertiary/aromatic N) is 1. The van der Waals surface area contributed by atoms with Crippen molar-refractivity contribution in [2.45, 2.75) is 46.1 Å². The molecule has 0 aliphatic rings. The second-order valence-electron chi connectivity index (χ2n) is 4.62. The summed E-state index contributed by atoms with van der Waals surface area (Å²) in [6, 6.07) is 2.59. The van der Waals surface area contributed by atoms with Gasteiger partial charge < -0.3 is 5.32 Å². The molecule has 0 aliphatic carbocycles. The molecule has 0 amide bonds. The maximum atomic E-state index is 6.14. The van der Waals surface area contributed by atoms with E-state index in [1.807, 2.05) is 12.3 Å². The van der Waals surface area contributed by atoms with Crippen LogP contribution in [-0.2, 0) is 6.42 Å². The van der Waals surface area contributed by atoms with Crippen molar-refractivity contribution >= 4 is 11.6 Å². The molecule has 0 aliphatic heterocycles. The van der Waals surface area contributed by atoms with E-state index in [0.29, 0.717) is 12.0 Å². The average Bonchev–Trinajstić information content (AvgIpc) is 2.33. The fourth-order valence-corrected chi connectivity index (χ4v) is 2.33. The number of pyridine rings is 1. The van der Waals surface area contributed by atoms with E-state index in [1.54, 1.807) is 6.20 Å². The third kappa shape index (κ3) is 4.64. The van der Waals surface area contributed by atoms with Crippen LogP contribution < -0.4 is 5.32 Å². The van der Waals surface area contributed by atoms with Gasteiger partial charge in [-0.2, -0.15) is 0 Å². The van der Waals surface area contributed by atoms with Crippen molar-refractivity contribution in [3.63, 3.8) is 0 Å². The number of hydrogen-bond donors (Lipinski definition) is 1. The van der Waals surface area contributed by atoms with Gasteiger partial charge in [0, 0.05) is 18.4 Å². The lowest BCUT2D eigenvalue weighted by atomic mass is 9.92. The van der Waals surface area contributed by atoms with E-state index < -0.39 is 0 Å². The number of aromatic nitrogens is 1. The molecular weight excluding hydrogens is 232 g/mol. The van der Waals surface area contributed by atoms with Crippen LogP contribution in [0.25, 0.3) is 0 Å². The van der Waals surface area contributed by atoms with Gasteiger partial charge in [-0.05, 0) is 43.4 Å². The molecule has 1 N–H and O–H groups in total. The number of hydrogen-bond acceptors (Lipinski definition) is 2. The maximum absolute atomic E-state index is 6.14. The van der Waals surface area contributed by atoms with Gasteiger partial charge in [0.05, 0.1) is 5.02 Å². The molecule has 0 bridgehead atoms. The van der Waals surface area contributed by atoms with Crippen LogP contribution in [0.3, 0.4) is 0 Å². The summed E-state index contributed by atoms with van der Waals surface area (Å²) in [5.41, 5.74) is 1.20. The van der Waals surface area contributed by atoms with Gasteiger partial charge in [0.25, 0.3) is 0 Å². The Balaban J connectivity index is 2.57. The molecule has 0 fully saturated rings. The molecule has 2 unspecified atom stereocenters. The Morgan fingerprint density at radius 1 is 1.41 bits per heavy atom. The van der Waals surface area contributed by atoms with Crippen molar-refractivity contribution in [1.29, 1.82) is 0 Å². The molecule has 1 heterocycles. The van der Waals surface area contributed by atoms with E-state index in [4.69, 9.17) is 11.6 Å². The number of halogens is 1. The fourth-order valence-electron chi connectivity index (χ4n) is 2.14. The minimum atomic E-state index is 0.569. The quantitative estimate of drug-likeness (QED) is 0.803. The highest BCUT2D eigenvalue weighted by atomic mass is 35.5. The van der Waals surface area contributed by atoms with Crippen molar-refractivity contribution in [2.24, 2.45) is 5.92 Å². The van der Waals surface area contributed by atoms with Gasteiger partial charge in [0.2, 0.25) is 0 Å². The topological polar surface area (TPSA) is 24.9 Å². The normalized spacial score (nSPS) is 14.6. The third-order valence-corrected chi connectivity index (χ3v) is 3.52. The van der Waals surface area contributed by atoms with Gasteiger partial charge in [-0.1, -0.05) is 32.4 Å². The molecule has 0 saturated carbocycles. The van der Waals surface area contributed by atoms with Gasteiger partial charge >= 0.3 is 0 Å². The van der Waals surface area contributed by atoms with Crippen LogP contribution in [0.2, 0.25) is 5.02 Å². The number of nitrogens with one attached hydrogen (secondary N) is 1. The molecule has 3 heteroatoms. The molecular formula is C14H23ClN2. The first kappa shape index (κ1) is 14.5. The van der Waals surface area contributed by atoms with Gasteiger partial charge in [-0.15, -0.1) is 0 Å². The minimum absolute atomic E-state index is 0.569. The Bertz CT molecular complexity index is 328. The third-order valence-electron chi connectivity index (χ3n) is 3.18. The van der Waals surface area contributed by atoms with Crippen LogP contribution in [0.4, 0.5) is 0 Å². The molecule has 0 radical (unpaired) electrons. The van der Waals surface area contributed by atoms with Gasteiger partial charge in [-0.25, -0.2) is 0 Å². The van der Waals surface area contributed by atoms with Gasteiger partial charge in [0.15, 0.2) is 0 Å². The molecule has 0 saturated heterocycles. The molecule has 0 aromatic carbocycles. The van der Waals surface area contributed by atoms with E-state index >= 15 is 0 Å². The van der Waals surface area contributed by atoms with E-state index in [9.17, 15) is 0 Å². The summed E-state index contributed by atoms with van der Waals surface area (Å²) >= 11 is 6.14. The van der Waals surface area contributed by atoms with Crippen LogP contribution in [0.15, 0.2) is 18.5 Å². The lowest BCUT2D eigenvalue weighted by Gasteiger charge is -2.24. The lowest BCUT2D eigenvalue weighted by Crippen LogP contribution is -2.35. The summed E-state index contributed by atoms with van der Waals surface area (Å²) in [5, 5.41) is 4.38. The fraction of sp³-hybridized carbons (Fsp3) is 0.643. The first-order valence-corrected chi connectivity index (χ1v) is 6.88. The predicted octanol–water partition coefficient (Wildman–Crippen LogP) is 3.69. The summed E-state index contributed by atoms with van der Waals surface area (Å²) in [7, 11) is 0. The minimum Gasteiger partial charge on any atom is -0.314 e. The second-order valence-corrected chi connectivity index (χ2v) is 5.02. The zero-order chi connectivity index (χ0) is 12.7. The largest absolute Gasteiger partial charge is 0.314 e. The summed E-state index contributed by atoms with van der Waals surface area (Å²) in [5.74, 6) is 0.589. The molecule has 1 aromatic heterocycles. The van der Waals surface area contributed by atoms with E-state index in [-0.39, 0.29) is 0 Å². The van der Waals surface area contributed by atoms with Crippen LogP contribution >= 0.6 is 11.6 Å². The number of rotatable bonds is 7. The highest BCUT2D eigenvalue weighted by Crippen LogP contribution is 2.20. The molecule has 1 rings (SSSR count). The molecule has 17 heavy (non-hydrogen) atoms. The molecule has 0 spiro atoms. The van der Waals surface area contributed by atoms with Crippen LogP contribution in [0.1, 0.15) is 39.2 Å². The highest BCUT2D eigenvalue weighted by molar-refractivity contribution is 6.31. The summed E-state index contributed by atoms with van der Waals surface area (Å²) in [6.45, 7) is 7.81. The van der Waals surface area contributed by atoms with E-state index in [2.05, 4.69) is 31.1 Å². The monoisotopic (exact) mass is 254 g/mol. The van der Waals surface area contributed by atoms with Gasteiger partial charge in [0.1, 0.15) is 0 Å². The van der Waals surface area contributed by atoms with Crippen molar-refractivity contribution in [1.82, 2.24) is 10.3 Å². The summed E-state index contributed by atoms with van der Waals surface area (Å²) in [6.07, 6.45) is 6.89. The molecule has 1 aromatic rings. The van der Waals surface area contributed by atoms with Crippen LogP contribution in [-0.4, -0.2) is 17.6 Å². The molecule has 96 valence electrons. The zero-order valence-corrected chi connectivity index (χ0v) is 11.8. The average molecular weight is 255 g/mol. The first-order chi connectivity index (χ1) is 8.19. The zero-order valence-electron chi connectivity index (χ0n) is 11.0. The predicted molar refractivity (Wildman–Crippen MR) is 74.5 cm³/mol. The second kappa shape index (κ2) is 7.67. The van der Waals surface area contributed by atoms with Crippen molar-refractivity contribution in [3.8, 4) is 0 Å². The molecule has 2 atom stereocenters. The SMILES string of the molecule is CCCNC(CC)C(C)Cc1ccncc1Cl. The Kier molecular flexibility index (Phi) is 6.53. The van der Waals surface area contributed by atoms with E-state index in [0.717, 1.165) is 24.4 Å². The smallest absolute Gasteiger partial charge is 0.0621 e. The van der Waals surface area contributed by atoms with Crippen molar-refractivity contribution < 1.29 is 0 Å². The van der Waals surface area contributed by atoms with Crippen molar-refractivity contribution in [2.75, 3.05) is 6.54 Å². The maximum Gasteiger partial charge on any atom is 0.0621 e. The standard InChI is InChI=1S/C14H23ClN2/c1-4-7-17-14(5-2)11(3)9-12-6-8-16-10-13(12)15/h6,8,10-11,14,17H,4-5,7,9H2,1-3H3. The Hall–Kier alpha value is -0.600.